The maximum atomic E-state index is 12.0. The third kappa shape index (κ3) is 3.37. The number of imide groups is 1. The van der Waals surface area contributed by atoms with Crippen LogP contribution in [0.15, 0.2) is 36.4 Å². The number of benzene rings is 1. The Labute approximate surface area is 116 Å². The van der Waals surface area contributed by atoms with Gasteiger partial charge < -0.3 is 4.74 Å². The second-order valence-corrected chi connectivity index (χ2v) is 4.04. The number of rotatable bonds is 4. The van der Waals surface area contributed by atoms with Gasteiger partial charge in [-0.05, 0) is 11.6 Å². The molecule has 20 heavy (non-hydrogen) atoms. The molecular formula is C14H13N2O4. The Morgan fingerprint density at radius 3 is 2.70 bits per heavy atom. The van der Waals surface area contributed by atoms with Crippen molar-refractivity contribution >= 4 is 24.2 Å². The average molecular weight is 273 g/mol. The quantitative estimate of drug-likeness (QED) is 0.620. The fraction of sp³-hybridized carbons (Fsp3) is 0.214. The summed E-state index contributed by atoms with van der Waals surface area (Å²) in [5, 5.41) is 2.80. The summed E-state index contributed by atoms with van der Waals surface area (Å²) in [4.78, 5) is 34.7. The van der Waals surface area contributed by atoms with Crippen LogP contribution in [-0.2, 0) is 19.1 Å². The van der Waals surface area contributed by atoms with E-state index in [2.05, 4.69) is 5.32 Å². The molecule has 2 amide bonds. The lowest BCUT2D eigenvalue weighted by Crippen LogP contribution is -2.49. The van der Waals surface area contributed by atoms with Gasteiger partial charge in [-0.15, -0.1) is 0 Å². The predicted octanol–water partition coefficient (Wildman–Crippen LogP) is 0.0681. The van der Waals surface area contributed by atoms with Crippen molar-refractivity contribution < 1.29 is 19.1 Å². The summed E-state index contributed by atoms with van der Waals surface area (Å²) in [6.45, 7) is 0.867. The number of carbonyl (C=O) groups excluding carboxylic acids is 3. The van der Waals surface area contributed by atoms with Gasteiger partial charge in [-0.2, -0.15) is 0 Å². The number of ether oxygens (including phenoxy) is 1. The first-order chi connectivity index (χ1) is 9.72. The number of amides is 2. The number of hydrogen-bond donors (Lipinski definition) is 1. The monoisotopic (exact) mass is 273 g/mol. The first kappa shape index (κ1) is 14.1. The van der Waals surface area contributed by atoms with E-state index >= 15 is 0 Å². The van der Waals surface area contributed by atoms with Gasteiger partial charge in [0.1, 0.15) is 0 Å². The Bertz CT molecular complexity index is 521. The van der Waals surface area contributed by atoms with E-state index in [4.69, 9.17) is 4.74 Å². The number of hydrogen-bond acceptors (Lipinski definition) is 5. The first-order valence-corrected chi connectivity index (χ1v) is 6.06. The smallest absolute Gasteiger partial charge is 0.308 e. The van der Waals surface area contributed by atoms with E-state index in [1.807, 2.05) is 30.3 Å². The Hall–Kier alpha value is -2.31. The molecule has 103 valence electrons. The van der Waals surface area contributed by atoms with Crippen molar-refractivity contribution in [2.45, 2.75) is 6.35 Å². The minimum absolute atomic E-state index is 0.364. The molecule has 6 nitrogen and oxygen atoms in total. The topological polar surface area (TPSA) is 75.7 Å². The maximum absolute atomic E-state index is 12.0. The summed E-state index contributed by atoms with van der Waals surface area (Å²) in [7, 11) is 0. The van der Waals surface area contributed by atoms with E-state index in [0.717, 1.165) is 5.56 Å². The highest BCUT2D eigenvalue weighted by Crippen LogP contribution is 2.07. The molecule has 1 unspecified atom stereocenters. The molecule has 1 aliphatic heterocycles. The molecule has 1 aliphatic rings. The molecule has 2 rings (SSSR count). The van der Waals surface area contributed by atoms with Crippen LogP contribution in [0.3, 0.4) is 0 Å². The zero-order chi connectivity index (χ0) is 14.4. The van der Waals surface area contributed by atoms with E-state index in [1.165, 1.54) is 12.4 Å². The zero-order valence-corrected chi connectivity index (χ0v) is 10.6. The second kappa shape index (κ2) is 6.74. The molecule has 0 spiro atoms. The van der Waals surface area contributed by atoms with Gasteiger partial charge in [0.2, 0.25) is 0 Å². The molecule has 1 fully saturated rings. The van der Waals surface area contributed by atoms with Crippen LogP contribution < -0.4 is 5.32 Å². The molecule has 0 aliphatic carbocycles. The molecule has 1 aromatic carbocycles. The van der Waals surface area contributed by atoms with Crippen molar-refractivity contribution in [2.75, 3.05) is 13.2 Å². The molecular weight excluding hydrogens is 260 g/mol. The Morgan fingerprint density at radius 2 is 2.10 bits per heavy atom. The lowest BCUT2D eigenvalue weighted by Gasteiger charge is -2.22. The molecule has 0 aromatic heterocycles. The lowest BCUT2D eigenvalue weighted by atomic mass is 10.2. The van der Waals surface area contributed by atoms with Crippen molar-refractivity contribution in [3.8, 4) is 0 Å². The van der Waals surface area contributed by atoms with Gasteiger partial charge in [0.15, 0.2) is 6.35 Å². The standard InChI is InChI=1S/C14H13N2O4/c17-10-13(19)16(14-15-8-9-20-14)12(18)7-6-11-4-2-1-3-5-11/h1-7,14-15H,8-9H2. The fourth-order valence-corrected chi connectivity index (χ4v) is 1.76. The normalized spacial score (nSPS) is 18.1. The number of nitrogens with zero attached hydrogens (tertiary/aromatic N) is 1. The van der Waals surface area contributed by atoms with Crippen LogP contribution in [-0.4, -0.2) is 42.5 Å². The van der Waals surface area contributed by atoms with Crippen LogP contribution in [0.2, 0.25) is 0 Å². The highest BCUT2D eigenvalue weighted by Gasteiger charge is 2.31. The van der Waals surface area contributed by atoms with Crippen LogP contribution in [0.4, 0.5) is 0 Å². The van der Waals surface area contributed by atoms with Gasteiger partial charge in [0.05, 0.1) is 6.61 Å². The largest absolute Gasteiger partial charge is 0.343 e. The fourth-order valence-electron chi connectivity index (χ4n) is 1.76. The molecule has 0 bridgehead atoms. The van der Waals surface area contributed by atoms with Crippen LogP contribution in [0.1, 0.15) is 5.56 Å². The molecule has 1 saturated heterocycles. The Balaban J connectivity index is 2.12. The Kier molecular flexibility index (Phi) is 4.75. The minimum atomic E-state index is -1.06. The summed E-state index contributed by atoms with van der Waals surface area (Å²) in [5.41, 5.74) is 0.809. The van der Waals surface area contributed by atoms with Crippen molar-refractivity contribution in [3.63, 3.8) is 0 Å². The molecule has 1 N–H and O–H groups in total. The number of carbonyl (C=O) groups is 2. The first-order valence-electron chi connectivity index (χ1n) is 6.06. The SMILES string of the molecule is O=[C]C(=O)N(C(=O)C=Cc1ccccc1)C1NCCO1. The van der Waals surface area contributed by atoms with Gasteiger partial charge in [0.25, 0.3) is 12.2 Å². The third-order valence-corrected chi connectivity index (χ3v) is 2.69. The van der Waals surface area contributed by atoms with Crippen molar-refractivity contribution in [1.29, 1.82) is 0 Å². The Morgan fingerprint density at radius 1 is 1.35 bits per heavy atom. The van der Waals surface area contributed by atoms with E-state index < -0.39 is 18.2 Å². The third-order valence-electron chi connectivity index (χ3n) is 2.69. The lowest BCUT2D eigenvalue weighted by molar-refractivity contribution is -0.150. The van der Waals surface area contributed by atoms with Gasteiger partial charge in [-0.1, -0.05) is 30.3 Å². The highest BCUT2D eigenvalue weighted by molar-refractivity contribution is 6.28. The molecule has 1 heterocycles. The average Bonchev–Trinajstić information content (AvgIpc) is 3.00. The summed E-state index contributed by atoms with van der Waals surface area (Å²) >= 11 is 0. The highest BCUT2D eigenvalue weighted by atomic mass is 16.5. The summed E-state index contributed by atoms with van der Waals surface area (Å²) < 4.78 is 5.17. The van der Waals surface area contributed by atoms with Gasteiger partial charge >= 0.3 is 5.91 Å². The summed E-state index contributed by atoms with van der Waals surface area (Å²) in [6.07, 6.45) is 3.04. The van der Waals surface area contributed by atoms with Crippen LogP contribution in [0.25, 0.3) is 6.08 Å². The van der Waals surface area contributed by atoms with Crippen molar-refractivity contribution in [2.24, 2.45) is 0 Å². The van der Waals surface area contributed by atoms with Gasteiger partial charge in [-0.25, -0.2) is 4.90 Å². The van der Waals surface area contributed by atoms with E-state index in [9.17, 15) is 14.4 Å². The predicted molar refractivity (Wildman–Crippen MR) is 70.8 cm³/mol. The van der Waals surface area contributed by atoms with E-state index in [1.54, 1.807) is 6.08 Å². The van der Waals surface area contributed by atoms with Crippen LogP contribution in [0, 0.1) is 0 Å². The summed E-state index contributed by atoms with van der Waals surface area (Å²) in [5.74, 6) is -1.70. The number of nitrogens with one attached hydrogen (secondary N) is 1. The molecule has 1 atom stereocenters. The molecule has 1 radical (unpaired) electrons. The van der Waals surface area contributed by atoms with E-state index in [-0.39, 0.29) is 0 Å². The van der Waals surface area contributed by atoms with Crippen LogP contribution in [0.5, 0.6) is 0 Å². The van der Waals surface area contributed by atoms with Crippen molar-refractivity contribution in [3.05, 3.63) is 42.0 Å². The molecule has 0 saturated carbocycles. The van der Waals surface area contributed by atoms with Gasteiger partial charge in [0, 0.05) is 12.6 Å². The summed E-state index contributed by atoms with van der Waals surface area (Å²) in [6, 6.07) is 9.13. The van der Waals surface area contributed by atoms with Crippen LogP contribution >= 0.6 is 0 Å². The van der Waals surface area contributed by atoms with Gasteiger partial charge in [-0.3, -0.25) is 19.7 Å². The zero-order valence-electron chi connectivity index (χ0n) is 10.6. The molecule has 1 aromatic rings. The second-order valence-electron chi connectivity index (χ2n) is 4.04. The van der Waals surface area contributed by atoms with E-state index in [0.29, 0.717) is 18.1 Å². The van der Waals surface area contributed by atoms with Crippen molar-refractivity contribution in [1.82, 2.24) is 10.2 Å². The maximum Gasteiger partial charge on any atom is 0.308 e. The minimum Gasteiger partial charge on any atom is -0.343 e. The molecule has 6 heteroatoms.